The Morgan fingerprint density at radius 3 is 2.67 bits per heavy atom. The topological polar surface area (TPSA) is 56.7 Å². The molecule has 4 nitrogen and oxygen atoms in total. The molecule has 0 unspecified atom stereocenters. The molecule has 0 aliphatic carbocycles. The van der Waals surface area contributed by atoms with Crippen molar-refractivity contribution in [2.75, 3.05) is 0 Å². The molecule has 96 valence electrons. The minimum atomic E-state index is -0.375. The van der Waals surface area contributed by atoms with Crippen molar-refractivity contribution in [1.82, 2.24) is 14.8 Å². The van der Waals surface area contributed by atoms with E-state index in [1.165, 1.54) is 12.3 Å². The van der Waals surface area contributed by atoms with Crippen molar-refractivity contribution in [3.8, 4) is 5.82 Å². The molecule has 2 aromatic heterocycles. The number of rotatable bonds is 4. The maximum atomic E-state index is 13.2. The number of hydrogen-bond acceptors (Lipinski definition) is 3. The highest BCUT2D eigenvalue weighted by atomic mass is 19.1. The maximum Gasteiger partial charge on any atom is 0.158 e. The van der Waals surface area contributed by atoms with Crippen molar-refractivity contribution in [3.05, 3.63) is 41.1 Å². The molecule has 5 heteroatoms. The summed E-state index contributed by atoms with van der Waals surface area (Å²) in [6.07, 6.45) is 2.90. The summed E-state index contributed by atoms with van der Waals surface area (Å²) in [4.78, 5) is 4.12. The van der Waals surface area contributed by atoms with E-state index < -0.39 is 0 Å². The van der Waals surface area contributed by atoms with Crippen LogP contribution in [0.15, 0.2) is 18.3 Å². The SMILES string of the molecule is CCc1cc(CC)n(-c2ncc(F)cc2CN)n1. The molecular weight excluding hydrogens is 231 g/mol. The van der Waals surface area contributed by atoms with Crippen LogP contribution in [-0.4, -0.2) is 14.8 Å². The first-order valence-corrected chi connectivity index (χ1v) is 6.12. The maximum absolute atomic E-state index is 13.2. The standard InChI is InChI=1S/C13H17FN4/c1-3-11-6-12(4-2)18(17-11)13-9(7-15)5-10(14)8-16-13/h5-6,8H,3-4,7,15H2,1-2H3. The predicted molar refractivity (Wildman–Crippen MR) is 68.0 cm³/mol. The Hall–Kier alpha value is -1.75. The highest BCUT2D eigenvalue weighted by molar-refractivity contribution is 5.35. The van der Waals surface area contributed by atoms with Crippen LogP contribution in [0.3, 0.4) is 0 Å². The molecule has 2 heterocycles. The Labute approximate surface area is 106 Å². The monoisotopic (exact) mass is 248 g/mol. The number of aryl methyl sites for hydroxylation is 2. The van der Waals surface area contributed by atoms with Gasteiger partial charge in [-0.2, -0.15) is 5.10 Å². The van der Waals surface area contributed by atoms with Gasteiger partial charge in [-0.3, -0.25) is 0 Å². The lowest BCUT2D eigenvalue weighted by atomic mass is 10.2. The van der Waals surface area contributed by atoms with Gasteiger partial charge in [0.15, 0.2) is 5.82 Å². The van der Waals surface area contributed by atoms with Crippen LogP contribution in [0.25, 0.3) is 5.82 Å². The van der Waals surface area contributed by atoms with E-state index in [1.54, 1.807) is 4.68 Å². The third-order valence-corrected chi connectivity index (χ3v) is 2.89. The van der Waals surface area contributed by atoms with E-state index in [0.29, 0.717) is 11.4 Å². The van der Waals surface area contributed by atoms with Gasteiger partial charge >= 0.3 is 0 Å². The second kappa shape index (κ2) is 5.27. The lowest BCUT2D eigenvalue weighted by Gasteiger charge is -2.09. The van der Waals surface area contributed by atoms with Crippen LogP contribution in [0, 0.1) is 5.82 Å². The largest absolute Gasteiger partial charge is 0.326 e. The predicted octanol–water partition coefficient (Wildman–Crippen LogP) is 1.99. The third-order valence-electron chi connectivity index (χ3n) is 2.89. The molecule has 0 fully saturated rings. The molecule has 0 aliphatic heterocycles. The van der Waals surface area contributed by atoms with Gasteiger partial charge in [0.2, 0.25) is 0 Å². The molecule has 0 aromatic carbocycles. The van der Waals surface area contributed by atoms with Gasteiger partial charge in [0.1, 0.15) is 5.82 Å². The van der Waals surface area contributed by atoms with Crippen molar-refractivity contribution in [3.63, 3.8) is 0 Å². The fourth-order valence-corrected chi connectivity index (χ4v) is 1.90. The number of hydrogen-bond donors (Lipinski definition) is 1. The number of nitrogens with two attached hydrogens (primary N) is 1. The van der Waals surface area contributed by atoms with Crippen LogP contribution in [0.5, 0.6) is 0 Å². The van der Waals surface area contributed by atoms with Crippen molar-refractivity contribution in [2.24, 2.45) is 5.73 Å². The smallest absolute Gasteiger partial charge is 0.158 e. The molecule has 18 heavy (non-hydrogen) atoms. The molecule has 0 atom stereocenters. The summed E-state index contributed by atoms with van der Waals surface area (Å²) in [7, 11) is 0. The van der Waals surface area contributed by atoms with Gasteiger partial charge in [0.05, 0.1) is 11.9 Å². The Bertz CT molecular complexity index is 548. The second-order valence-corrected chi connectivity index (χ2v) is 4.09. The van der Waals surface area contributed by atoms with Crippen molar-refractivity contribution < 1.29 is 4.39 Å². The summed E-state index contributed by atoms with van der Waals surface area (Å²) in [5.41, 5.74) is 8.36. The molecule has 2 rings (SSSR count). The van der Waals surface area contributed by atoms with Gasteiger partial charge in [0.25, 0.3) is 0 Å². The fraction of sp³-hybridized carbons (Fsp3) is 0.385. The van der Waals surface area contributed by atoms with Crippen molar-refractivity contribution in [2.45, 2.75) is 33.2 Å². The van der Waals surface area contributed by atoms with E-state index in [-0.39, 0.29) is 12.4 Å². The van der Waals surface area contributed by atoms with E-state index in [2.05, 4.69) is 17.0 Å². The summed E-state index contributed by atoms with van der Waals surface area (Å²) in [6.45, 7) is 4.34. The van der Waals surface area contributed by atoms with E-state index in [9.17, 15) is 4.39 Å². The summed E-state index contributed by atoms with van der Waals surface area (Å²) >= 11 is 0. The van der Waals surface area contributed by atoms with Gasteiger partial charge in [-0.05, 0) is 25.0 Å². The highest BCUT2D eigenvalue weighted by Gasteiger charge is 2.12. The number of halogens is 1. The van der Waals surface area contributed by atoms with E-state index in [0.717, 1.165) is 24.2 Å². The zero-order valence-electron chi connectivity index (χ0n) is 10.7. The minimum Gasteiger partial charge on any atom is -0.326 e. The zero-order valence-corrected chi connectivity index (χ0v) is 10.7. The second-order valence-electron chi connectivity index (χ2n) is 4.09. The Balaban J connectivity index is 2.56. The lowest BCUT2D eigenvalue weighted by Crippen LogP contribution is -2.11. The summed E-state index contributed by atoms with van der Waals surface area (Å²) in [5, 5.41) is 4.48. The van der Waals surface area contributed by atoms with Gasteiger partial charge in [-0.1, -0.05) is 13.8 Å². The van der Waals surface area contributed by atoms with Gasteiger partial charge in [-0.25, -0.2) is 14.1 Å². The molecule has 2 aromatic rings. The average Bonchev–Trinajstić information content (AvgIpc) is 2.81. The van der Waals surface area contributed by atoms with E-state index >= 15 is 0 Å². The third kappa shape index (κ3) is 2.26. The summed E-state index contributed by atoms with van der Waals surface area (Å²) in [6, 6.07) is 3.46. The fourth-order valence-electron chi connectivity index (χ4n) is 1.90. The van der Waals surface area contributed by atoms with Crippen LogP contribution >= 0.6 is 0 Å². The van der Waals surface area contributed by atoms with Crippen molar-refractivity contribution >= 4 is 0 Å². The first-order valence-electron chi connectivity index (χ1n) is 6.12. The van der Waals surface area contributed by atoms with E-state index in [4.69, 9.17) is 5.73 Å². The van der Waals surface area contributed by atoms with Gasteiger partial charge < -0.3 is 5.73 Å². The normalized spacial score (nSPS) is 10.9. The average molecular weight is 248 g/mol. The zero-order chi connectivity index (χ0) is 13.1. The van der Waals surface area contributed by atoms with Crippen LogP contribution < -0.4 is 5.73 Å². The Morgan fingerprint density at radius 1 is 1.28 bits per heavy atom. The van der Waals surface area contributed by atoms with Crippen molar-refractivity contribution in [1.29, 1.82) is 0 Å². The number of nitrogens with zero attached hydrogens (tertiary/aromatic N) is 3. The molecule has 0 aliphatic rings. The van der Waals surface area contributed by atoms with Gasteiger partial charge in [0, 0.05) is 17.8 Å². The van der Waals surface area contributed by atoms with E-state index in [1.807, 2.05) is 13.0 Å². The first kappa shape index (κ1) is 12.7. The highest BCUT2D eigenvalue weighted by Crippen LogP contribution is 2.16. The van der Waals surface area contributed by atoms with Crippen LogP contribution in [0.2, 0.25) is 0 Å². The molecule has 0 radical (unpaired) electrons. The number of pyridine rings is 1. The molecule has 0 amide bonds. The summed E-state index contributed by atoms with van der Waals surface area (Å²) < 4.78 is 14.9. The number of aromatic nitrogens is 3. The quantitative estimate of drug-likeness (QED) is 0.900. The molecule has 0 bridgehead atoms. The summed E-state index contributed by atoms with van der Waals surface area (Å²) in [5.74, 6) is 0.246. The molecule has 0 spiro atoms. The lowest BCUT2D eigenvalue weighted by molar-refractivity contribution is 0.614. The molecule has 0 saturated heterocycles. The molecular formula is C13H17FN4. The molecule has 0 saturated carbocycles. The Morgan fingerprint density at radius 2 is 2.06 bits per heavy atom. The minimum absolute atomic E-state index is 0.241. The Kier molecular flexibility index (Phi) is 3.72. The van der Waals surface area contributed by atoms with Crippen LogP contribution in [0.1, 0.15) is 30.8 Å². The van der Waals surface area contributed by atoms with Crippen LogP contribution in [-0.2, 0) is 19.4 Å². The molecule has 2 N–H and O–H groups in total. The van der Waals surface area contributed by atoms with Crippen LogP contribution in [0.4, 0.5) is 4.39 Å². The van der Waals surface area contributed by atoms with Gasteiger partial charge in [-0.15, -0.1) is 0 Å². The first-order chi connectivity index (χ1) is 8.69.